The Kier molecular flexibility index (Phi) is 2.47. The Bertz CT molecular complexity index is 188. The van der Waals surface area contributed by atoms with Gasteiger partial charge in [-0.15, -0.1) is 0 Å². The van der Waals surface area contributed by atoms with Crippen molar-refractivity contribution in [2.45, 2.75) is 24.4 Å². The van der Waals surface area contributed by atoms with Gasteiger partial charge in [-0.05, 0) is 0 Å². The van der Waals surface area contributed by atoms with E-state index in [-0.39, 0.29) is 18.6 Å². The lowest BCUT2D eigenvalue weighted by atomic mass is 10.1. The molecule has 0 aromatic rings. The molecule has 0 amide bonds. The summed E-state index contributed by atoms with van der Waals surface area (Å²) in [6.07, 6.45) is -2.11. The summed E-state index contributed by atoms with van der Waals surface area (Å²) in [4.78, 5) is 4.56. The molecule has 4 atom stereocenters. The molecule has 2 aliphatic heterocycles. The van der Waals surface area contributed by atoms with Gasteiger partial charge < -0.3 is 14.6 Å². The van der Waals surface area contributed by atoms with Crippen LogP contribution in [0.3, 0.4) is 0 Å². The Morgan fingerprint density at radius 2 is 1.85 bits per heavy atom. The average Bonchev–Trinajstić information content (AvgIpc) is 2.56. The minimum absolute atomic E-state index is 0.171. The molecule has 3 N–H and O–H groups in total. The van der Waals surface area contributed by atoms with Gasteiger partial charge in [-0.2, -0.15) is 0 Å². The van der Waals surface area contributed by atoms with E-state index in [4.69, 9.17) is 19.9 Å². The summed E-state index contributed by atoms with van der Waals surface area (Å²) >= 11 is 0. The van der Waals surface area contributed by atoms with Gasteiger partial charge in [0.1, 0.15) is 24.4 Å². The fraction of sp³-hybridized carbons (Fsp3) is 1.00. The van der Waals surface area contributed by atoms with Crippen LogP contribution in [-0.4, -0.2) is 58.5 Å². The van der Waals surface area contributed by atoms with Crippen molar-refractivity contribution < 1.29 is 29.8 Å². The van der Waals surface area contributed by atoms with E-state index in [1.54, 1.807) is 0 Å². The van der Waals surface area contributed by atoms with Crippen molar-refractivity contribution in [3.8, 4) is 0 Å². The second kappa shape index (κ2) is 3.46. The number of nitrogens with zero attached hydrogens (tertiary/aromatic N) is 1. The molecular formula is C6H11NO6. The van der Waals surface area contributed by atoms with Crippen LogP contribution in [0.25, 0.3) is 0 Å². The Morgan fingerprint density at radius 3 is 2.54 bits per heavy atom. The fourth-order valence-electron chi connectivity index (χ4n) is 1.66. The van der Waals surface area contributed by atoms with Gasteiger partial charge >= 0.3 is 0 Å². The molecule has 7 heteroatoms. The van der Waals surface area contributed by atoms with Crippen LogP contribution in [-0.2, 0) is 14.3 Å². The largest absolute Gasteiger partial charge is 0.388 e. The number of hydrogen-bond acceptors (Lipinski definition) is 7. The highest BCUT2D eigenvalue weighted by Gasteiger charge is 2.48. The maximum absolute atomic E-state index is 9.31. The van der Waals surface area contributed by atoms with E-state index in [9.17, 15) is 5.11 Å². The molecule has 0 aromatic heterocycles. The zero-order chi connectivity index (χ0) is 9.42. The minimum atomic E-state index is -0.663. The third-order valence-electron chi connectivity index (χ3n) is 2.21. The van der Waals surface area contributed by atoms with Crippen LogP contribution in [0.1, 0.15) is 0 Å². The zero-order valence-electron chi connectivity index (χ0n) is 6.74. The molecule has 0 bridgehead atoms. The van der Waals surface area contributed by atoms with Crippen molar-refractivity contribution in [3.63, 3.8) is 0 Å². The van der Waals surface area contributed by atoms with E-state index in [0.29, 0.717) is 0 Å². The third-order valence-corrected chi connectivity index (χ3v) is 2.21. The molecule has 7 nitrogen and oxygen atoms in total. The summed E-state index contributed by atoms with van der Waals surface area (Å²) in [5, 5.41) is 25.7. The first-order valence-corrected chi connectivity index (χ1v) is 3.94. The molecule has 2 heterocycles. The average molecular weight is 193 g/mol. The topological polar surface area (TPSA) is 91.6 Å². The van der Waals surface area contributed by atoms with Crippen LogP contribution in [0.4, 0.5) is 0 Å². The van der Waals surface area contributed by atoms with E-state index in [1.807, 2.05) is 0 Å². The zero-order valence-corrected chi connectivity index (χ0v) is 6.74. The molecule has 2 aliphatic rings. The number of rotatable bonds is 2. The summed E-state index contributed by atoms with van der Waals surface area (Å²) < 4.78 is 10.3. The van der Waals surface area contributed by atoms with Gasteiger partial charge in [0.25, 0.3) is 0 Å². The Hall–Kier alpha value is -0.280. The van der Waals surface area contributed by atoms with Crippen LogP contribution in [0.5, 0.6) is 0 Å². The van der Waals surface area contributed by atoms with E-state index in [2.05, 4.69) is 4.84 Å². The lowest BCUT2D eigenvalue weighted by Crippen LogP contribution is -2.36. The second-order valence-electron chi connectivity index (χ2n) is 3.06. The Labute approximate surface area is 73.9 Å². The SMILES string of the molecule is O[C@@H]1CO[C@H]2[C@@H]1OC[C@@H]2ON(O)O. The molecule has 2 saturated heterocycles. The monoisotopic (exact) mass is 193 g/mol. The van der Waals surface area contributed by atoms with Crippen molar-refractivity contribution in [2.75, 3.05) is 13.2 Å². The second-order valence-corrected chi connectivity index (χ2v) is 3.06. The van der Waals surface area contributed by atoms with Crippen molar-refractivity contribution in [2.24, 2.45) is 0 Å². The number of fused-ring (bicyclic) bond motifs is 1. The highest BCUT2D eigenvalue weighted by atomic mass is 17.1. The van der Waals surface area contributed by atoms with Crippen LogP contribution in [0, 0.1) is 0 Å². The predicted molar refractivity (Wildman–Crippen MR) is 35.8 cm³/mol. The maximum atomic E-state index is 9.31. The Balaban J connectivity index is 1.94. The van der Waals surface area contributed by atoms with Crippen LogP contribution >= 0.6 is 0 Å². The minimum Gasteiger partial charge on any atom is -0.388 e. The molecule has 0 radical (unpaired) electrons. The molecule has 0 saturated carbocycles. The van der Waals surface area contributed by atoms with Gasteiger partial charge in [-0.3, -0.25) is 10.4 Å². The van der Waals surface area contributed by atoms with Crippen LogP contribution in [0.2, 0.25) is 0 Å². The van der Waals surface area contributed by atoms with Crippen molar-refractivity contribution in [1.82, 2.24) is 5.39 Å². The van der Waals surface area contributed by atoms with Crippen molar-refractivity contribution >= 4 is 0 Å². The molecule has 2 rings (SSSR count). The van der Waals surface area contributed by atoms with E-state index in [0.717, 1.165) is 0 Å². The van der Waals surface area contributed by atoms with Gasteiger partial charge in [0.05, 0.1) is 18.6 Å². The van der Waals surface area contributed by atoms with Crippen molar-refractivity contribution in [1.29, 1.82) is 0 Å². The molecule has 76 valence electrons. The van der Waals surface area contributed by atoms with Crippen molar-refractivity contribution in [3.05, 3.63) is 0 Å². The molecule has 0 unspecified atom stereocenters. The molecule has 0 aromatic carbocycles. The summed E-state index contributed by atoms with van der Waals surface area (Å²) in [5.74, 6) is 0. The Morgan fingerprint density at radius 1 is 1.15 bits per heavy atom. The summed E-state index contributed by atoms with van der Waals surface area (Å²) in [7, 11) is 0. The number of ether oxygens (including phenoxy) is 2. The highest BCUT2D eigenvalue weighted by Crippen LogP contribution is 2.28. The number of aliphatic hydroxyl groups is 1. The first-order chi connectivity index (χ1) is 6.18. The fourth-order valence-corrected chi connectivity index (χ4v) is 1.66. The molecule has 2 fully saturated rings. The van der Waals surface area contributed by atoms with Crippen LogP contribution in [0.15, 0.2) is 0 Å². The highest BCUT2D eigenvalue weighted by molar-refractivity contribution is 4.94. The van der Waals surface area contributed by atoms with Crippen LogP contribution < -0.4 is 0 Å². The first-order valence-electron chi connectivity index (χ1n) is 3.94. The van der Waals surface area contributed by atoms with Gasteiger partial charge in [-0.25, -0.2) is 4.84 Å². The van der Waals surface area contributed by atoms with Gasteiger partial charge in [0.15, 0.2) is 0 Å². The summed E-state index contributed by atoms with van der Waals surface area (Å²) in [6.45, 7) is 0.357. The first kappa shape index (κ1) is 9.28. The van der Waals surface area contributed by atoms with E-state index < -0.39 is 24.4 Å². The quantitative estimate of drug-likeness (QED) is 0.461. The smallest absolute Gasteiger partial charge is 0.136 e. The molecular weight excluding hydrogens is 182 g/mol. The van der Waals surface area contributed by atoms with E-state index >= 15 is 0 Å². The normalized spacial score (nSPS) is 44.3. The number of aliphatic hydroxyl groups excluding tert-OH is 1. The van der Waals surface area contributed by atoms with Gasteiger partial charge in [-0.1, -0.05) is 0 Å². The number of hydrogen-bond donors (Lipinski definition) is 3. The molecule has 0 spiro atoms. The lowest BCUT2D eigenvalue weighted by Gasteiger charge is -2.16. The lowest BCUT2D eigenvalue weighted by molar-refractivity contribution is -0.507. The maximum Gasteiger partial charge on any atom is 0.136 e. The summed E-state index contributed by atoms with van der Waals surface area (Å²) in [5.41, 5.74) is 0. The van der Waals surface area contributed by atoms with Gasteiger partial charge in [0.2, 0.25) is 0 Å². The van der Waals surface area contributed by atoms with Gasteiger partial charge in [0, 0.05) is 0 Å². The standard InChI is InChI=1S/C6H11NO6/c8-3-1-11-6-4(13-7(9)10)2-12-5(3)6/h3-6,8-10H,1-2H2/t3-,4+,5-,6-/m1/s1. The molecule has 13 heavy (non-hydrogen) atoms. The summed E-state index contributed by atoms with van der Waals surface area (Å²) in [6, 6.07) is 0. The van der Waals surface area contributed by atoms with E-state index in [1.165, 1.54) is 0 Å². The third kappa shape index (κ3) is 1.67. The predicted octanol–water partition coefficient (Wildman–Crippen LogP) is -1.47. The molecule has 0 aliphatic carbocycles.